The molecule has 2 aromatic heterocycles. The molecule has 0 saturated carbocycles. The quantitative estimate of drug-likeness (QED) is 0.193. The van der Waals surface area contributed by atoms with Crippen LogP contribution >= 0.6 is 0 Å². The second kappa shape index (κ2) is 11.9. The topological polar surface area (TPSA) is 105 Å². The summed E-state index contributed by atoms with van der Waals surface area (Å²) >= 11 is 0. The van der Waals surface area contributed by atoms with E-state index >= 15 is 8.78 Å². The van der Waals surface area contributed by atoms with Gasteiger partial charge in [-0.1, -0.05) is 36.3 Å². The summed E-state index contributed by atoms with van der Waals surface area (Å²) in [6, 6.07) is 5.60. The zero-order valence-electron chi connectivity index (χ0n) is 28.1. The molecule has 4 aliphatic rings. The maximum Gasteiger partial charge on any atom is 0.319 e. The molecule has 12 heteroatoms. The Morgan fingerprint density at radius 3 is 2.58 bits per heavy atom. The fourth-order valence-electron chi connectivity index (χ4n) is 8.71. The van der Waals surface area contributed by atoms with Crippen molar-refractivity contribution in [2.75, 3.05) is 58.5 Å². The maximum atomic E-state index is 17.2. The van der Waals surface area contributed by atoms with Gasteiger partial charge in [-0.05, 0) is 49.3 Å². The van der Waals surface area contributed by atoms with E-state index in [0.717, 1.165) is 49.9 Å². The number of nitrogens with zero attached hydrogens (tertiary/aromatic N) is 5. The lowest BCUT2D eigenvalue weighted by molar-refractivity contribution is 0.107. The number of pyridine rings is 1. The highest BCUT2D eigenvalue weighted by molar-refractivity contribution is 6.04. The summed E-state index contributed by atoms with van der Waals surface area (Å²) in [4.78, 5) is 18.7. The Kier molecular flexibility index (Phi) is 7.71. The van der Waals surface area contributed by atoms with Gasteiger partial charge in [-0.2, -0.15) is 9.97 Å². The summed E-state index contributed by atoms with van der Waals surface area (Å²) in [5.41, 5.74) is 1.30. The van der Waals surface area contributed by atoms with Gasteiger partial charge in [-0.25, -0.2) is 13.8 Å². The van der Waals surface area contributed by atoms with E-state index in [1.807, 2.05) is 0 Å². The highest BCUT2D eigenvalue weighted by Gasteiger charge is 2.49. The van der Waals surface area contributed by atoms with Gasteiger partial charge < -0.3 is 29.5 Å². The fourth-order valence-corrected chi connectivity index (χ4v) is 8.71. The van der Waals surface area contributed by atoms with Crippen LogP contribution in [0, 0.1) is 24.0 Å². The number of aromatic nitrogens is 3. The third-order valence-corrected chi connectivity index (χ3v) is 10.6. The highest BCUT2D eigenvalue weighted by atomic mass is 19.1. The number of fused-ring (bicyclic) bond motifs is 5. The van der Waals surface area contributed by atoms with Crippen molar-refractivity contribution < 1.29 is 28.1 Å². The van der Waals surface area contributed by atoms with Crippen LogP contribution in [0.25, 0.3) is 32.9 Å². The van der Waals surface area contributed by atoms with Crippen molar-refractivity contribution in [2.24, 2.45) is 0 Å². The van der Waals surface area contributed by atoms with Crippen LogP contribution in [0.1, 0.15) is 31.2 Å². The molecule has 4 aliphatic heterocycles. The summed E-state index contributed by atoms with van der Waals surface area (Å²) in [6.45, 7) is 11.9. The molecule has 0 amide bonds. The van der Waals surface area contributed by atoms with Crippen molar-refractivity contribution >= 4 is 27.5 Å². The fraction of sp³-hybridized carbons (Fsp3) is 0.395. The Morgan fingerprint density at radius 2 is 1.86 bits per heavy atom. The first-order chi connectivity index (χ1) is 24.1. The smallest absolute Gasteiger partial charge is 0.319 e. The van der Waals surface area contributed by atoms with Gasteiger partial charge in [-0.15, -0.1) is 6.42 Å². The number of ether oxygens (including phenoxy) is 3. The summed E-state index contributed by atoms with van der Waals surface area (Å²) in [6.07, 6.45) is 9.10. The lowest BCUT2D eigenvalue weighted by Gasteiger charge is -2.42. The number of phenolic OH excluding ortho intramolecular Hbond substituents is 1. The van der Waals surface area contributed by atoms with E-state index in [4.69, 9.17) is 25.6 Å². The van der Waals surface area contributed by atoms with Gasteiger partial charge >= 0.3 is 6.01 Å². The molecule has 2 N–H and O–H groups in total. The molecule has 2 aromatic carbocycles. The first-order valence-electron chi connectivity index (χ1n) is 16.7. The van der Waals surface area contributed by atoms with Gasteiger partial charge in [0.1, 0.15) is 40.6 Å². The SMILES string of the molecule is C#Cc1c(F)ccc2cc(O)cc(-c3nc(OC)c4c(N5CC6CCC(COC)(C5)N6)nc(OCC56CC(=C)CN5CC(=C)C6)nc4c3F)c12. The average molecular weight is 681 g/mol. The van der Waals surface area contributed by atoms with Gasteiger partial charge in [0.05, 0.1) is 30.4 Å². The van der Waals surface area contributed by atoms with Crippen molar-refractivity contribution in [3.8, 4) is 41.2 Å². The first-order valence-corrected chi connectivity index (χ1v) is 16.7. The number of hydrogen-bond donors (Lipinski definition) is 2. The number of rotatable bonds is 8. The zero-order chi connectivity index (χ0) is 34.9. The summed E-state index contributed by atoms with van der Waals surface area (Å²) in [5.74, 6) is 1.22. The molecule has 2 unspecified atom stereocenters. The minimum Gasteiger partial charge on any atom is -0.508 e. The lowest BCUT2D eigenvalue weighted by Crippen LogP contribution is -2.61. The Labute approximate surface area is 288 Å². The van der Waals surface area contributed by atoms with E-state index in [2.05, 4.69) is 44.2 Å². The van der Waals surface area contributed by atoms with Crippen LogP contribution in [0.4, 0.5) is 14.6 Å². The van der Waals surface area contributed by atoms with E-state index in [-0.39, 0.29) is 74.5 Å². The van der Waals surface area contributed by atoms with Crippen LogP contribution in [0.5, 0.6) is 17.6 Å². The molecule has 4 saturated heterocycles. The molecule has 2 atom stereocenters. The second-order valence-corrected chi connectivity index (χ2v) is 14.2. The molecule has 6 heterocycles. The Hall–Kier alpha value is -4.83. The molecule has 258 valence electrons. The van der Waals surface area contributed by atoms with Gasteiger partial charge in [0.2, 0.25) is 5.88 Å². The normalized spacial score (nSPS) is 22.8. The predicted octanol–water partition coefficient (Wildman–Crippen LogP) is 5.12. The van der Waals surface area contributed by atoms with Crippen LogP contribution in [-0.4, -0.2) is 95.7 Å². The van der Waals surface area contributed by atoms with Crippen molar-refractivity contribution in [3.05, 3.63) is 65.8 Å². The monoisotopic (exact) mass is 680 g/mol. The maximum absolute atomic E-state index is 17.2. The molecule has 10 nitrogen and oxygen atoms in total. The molecule has 2 bridgehead atoms. The molecule has 0 spiro atoms. The molecule has 0 radical (unpaired) electrons. The predicted molar refractivity (Wildman–Crippen MR) is 187 cm³/mol. The van der Waals surface area contributed by atoms with Crippen LogP contribution in [0.3, 0.4) is 0 Å². The molecular weight excluding hydrogens is 642 g/mol. The Balaban J connectivity index is 1.33. The standard InChI is InChI=1S/C38H38F2N6O4/c1-6-26-28(39)8-7-23-11-25(47)12-27(29(23)26)32-31(40)33-30(35(41-32)49-5)34(45-17-24-9-10-37(18-45,44-24)19-48-4)43-36(42-33)50-20-38-13-21(2)15-46(38)16-22(3)14-38/h1,7-8,11-12,24,44,47H,2-3,9-10,13-20H2,4-5H3. The number of methoxy groups -OCH3 is 2. The summed E-state index contributed by atoms with van der Waals surface area (Å²) in [7, 11) is 3.12. The van der Waals surface area contributed by atoms with Crippen molar-refractivity contribution in [2.45, 2.75) is 42.8 Å². The number of halogens is 2. The van der Waals surface area contributed by atoms with Gasteiger partial charge in [0, 0.05) is 50.3 Å². The minimum absolute atomic E-state index is 0.00208. The van der Waals surface area contributed by atoms with Gasteiger partial charge in [0.15, 0.2) is 5.82 Å². The van der Waals surface area contributed by atoms with Crippen molar-refractivity contribution in [1.82, 2.24) is 25.2 Å². The average Bonchev–Trinajstić information content (AvgIpc) is 3.67. The minimum atomic E-state index is -0.818. The second-order valence-electron chi connectivity index (χ2n) is 14.2. The zero-order valence-corrected chi connectivity index (χ0v) is 28.1. The molecule has 0 aliphatic carbocycles. The molecular formula is C38H38F2N6O4. The van der Waals surface area contributed by atoms with Gasteiger partial charge in [-0.3, -0.25) is 4.90 Å². The number of piperazine rings is 1. The largest absolute Gasteiger partial charge is 0.508 e. The van der Waals surface area contributed by atoms with E-state index < -0.39 is 11.6 Å². The number of hydrogen-bond acceptors (Lipinski definition) is 10. The van der Waals surface area contributed by atoms with E-state index in [1.165, 1.54) is 31.4 Å². The van der Waals surface area contributed by atoms with Crippen molar-refractivity contribution in [3.63, 3.8) is 0 Å². The number of anilines is 1. The van der Waals surface area contributed by atoms with E-state index in [1.54, 1.807) is 7.11 Å². The Bertz CT molecular complexity index is 2130. The van der Waals surface area contributed by atoms with Crippen LogP contribution in [0.15, 0.2) is 48.6 Å². The third-order valence-electron chi connectivity index (χ3n) is 10.6. The summed E-state index contributed by atoms with van der Waals surface area (Å²) in [5, 5.41) is 15.3. The Morgan fingerprint density at radius 1 is 1.08 bits per heavy atom. The van der Waals surface area contributed by atoms with Crippen molar-refractivity contribution in [1.29, 1.82) is 0 Å². The van der Waals surface area contributed by atoms with Crippen LogP contribution < -0.4 is 19.7 Å². The van der Waals surface area contributed by atoms with Crippen LogP contribution in [-0.2, 0) is 4.74 Å². The van der Waals surface area contributed by atoms with Gasteiger partial charge in [0.25, 0.3) is 0 Å². The first kappa shape index (κ1) is 32.4. The number of nitrogens with one attached hydrogen (secondary N) is 1. The molecule has 4 fully saturated rings. The molecule has 50 heavy (non-hydrogen) atoms. The van der Waals surface area contributed by atoms with Crippen LogP contribution in [0.2, 0.25) is 0 Å². The third kappa shape index (κ3) is 5.14. The molecule has 4 aromatic rings. The van der Waals surface area contributed by atoms with E-state index in [0.29, 0.717) is 30.9 Å². The van der Waals surface area contributed by atoms with E-state index in [9.17, 15) is 5.11 Å². The number of phenols is 1. The molecule has 8 rings (SSSR count). The number of terminal acetylenes is 1. The highest BCUT2D eigenvalue weighted by Crippen LogP contribution is 2.45. The number of benzene rings is 2. The number of aromatic hydroxyl groups is 1. The summed E-state index contributed by atoms with van der Waals surface area (Å²) < 4.78 is 50.2. The lowest BCUT2D eigenvalue weighted by atomic mass is 9.92.